The molecule has 0 amide bonds. The summed E-state index contributed by atoms with van der Waals surface area (Å²) >= 11 is 0. The first-order valence-corrected chi connectivity index (χ1v) is 10.6. The maximum Gasteiger partial charge on any atom is 0.0916 e. The Morgan fingerprint density at radius 1 is 1.17 bits per heavy atom. The molecule has 2 nitrogen and oxygen atoms in total. The quantitative estimate of drug-likeness (QED) is 0.504. The number of nitrogens with one attached hydrogen (secondary N) is 1. The van der Waals surface area contributed by atoms with Gasteiger partial charge in [-0.3, -0.25) is 4.98 Å². The molecule has 1 atom stereocenters. The molecule has 1 unspecified atom stereocenters. The van der Waals surface area contributed by atoms with Crippen LogP contribution in [0.2, 0.25) is 0 Å². The monoisotopic (exact) mass is 390 g/mol. The van der Waals surface area contributed by atoms with Gasteiger partial charge in [-0.2, -0.15) is 0 Å². The number of aromatic nitrogens is 2. The molecule has 0 saturated heterocycles. The van der Waals surface area contributed by atoms with Crippen LogP contribution in [0.4, 0.5) is 0 Å². The van der Waals surface area contributed by atoms with Gasteiger partial charge in [-0.15, -0.1) is 0 Å². The lowest BCUT2D eigenvalue weighted by Crippen LogP contribution is -2.27. The molecule has 0 bridgehead atoms. The molecule has 0 saturated carbocycles. The minimum absolute atomic E-state index is 0.398. The molecule has 1 aromatic carbocycles. The highest BCUT2D eigenvalue weighted by Crippen LogP contribution is 2.63. The third kappa shape index (κ3) is 2.22. The van der Waals surface area contributed by atoms with E-state index in [0.29, 0.717) is 0 Å². The Kier molecular flexibility index (Phi) is 4.25. The number of H-pyrrole nitrogens is 1. The zero-order valence-corrected chi connectivity index (χ0v) is 17.8. The fourth-order valence-corrected chi connectivity index (χ4v) is 5.23. The van der Waals surface area contributed by atoms with Crippen LogP contribution in [-0.2, 0) is 5.41 Å². The summed E-state index contributed by atoms with van der Waals surface area (Å²) in [5.74, 6) is 0. The average Bonchev–Trinajstić information content (AvgIpc) is 3.35. The number of hydrogen-bond acceptors (Lipinski definition) is 1. The lowest BCUT2D eigenvalue weighted by molar-refractivity contribution is 0.787. The third-order valence-corrected chi connectivity index (χ3v) is 6.49. The van der Waals surface area contributed by atoms with Crippen LogP contribution in [0.15, 0.2) is 102 Å². The molecule has 1 N–H and O–H groups in total. The molecule has 30 heavy (non-hydrogen) atoms. The average molecular weight is 391 g/mol. The van der Waals surface area contributed by atoms with Crippen LogP contribution in [0.3, 0.4) is 0 Å². The van der Waals surface area contributed by atoms with E-state index in [2.05, 4.69) is 99.1 Å². The van der Waals surface area contributed by atoms with Gasteiger partial charge in [0.1, 0.15) is 0 Å². The maximum absolute atomic E-state index is 4.84. The third-order valence-electron chi connectivity index (χ3n) is 6.49. The van der Waals surface area contributed by atoms with E-state index >= 15 is 0 Å². The standard InChI is InChI=1S/C28H26N2/c1-5-7-13-21-18(3)19(4)22(14-8-6-2)28(21)23-15-11-17-29-26(23)27-25(28)20-12-9-10-16-24(20)30-27/h5,7-17,30H,3,6H2,1-2,4H3/b7-5-,14-8-,21-13+. The topological polar surface area (TPSA) is 28.7 Å². The van der Waals surface area contributed by atoms with Gasteiger partial charge in [-0.05, 0) is 60.3 Å². The van der Waals surface area contributed by atoms with E-state index in [0.717, 1.165) is 28.9 Å². The molecular weight excluding hydrogens is 364 g/mol. The number of benzene rings is 1. The summed E-state index contributed by atoms with van der Waals surface area (Å²) in [5.41, 5.74) is 10.4. The molecule has 0 radical (unpaired) electrons. The molecule has 0 fully saturated rings. The molecule has 0 aliphatic heterocycles. The largest absolute Gasteiger partial charge is 0.353 e. The Morgan fingerprint density at radius 2 is 2.00 bits per heavy atom. The summed E-state index contributed by atoms with van der Waals surface area (Å²) in [6, 6.07) is 12.9. The highest BCUT2D eigenvalue weighted by molar-refractivity contribution is 6.00. The van der Waals surface area contributed by atoms with E-state index in [1.54, 1.807) is 0 Å². The molecule has 2 heterocycles. The SMILES string of the molecule is C=C1C(C)=C(/C=C\CC)C2(/C1=C/C=C\C)c1cccnc1-c1[nH]c3ccccc3c12. The number of nitrogens with zero attached hydrogens (tertiary/aromatic N) is 1. The van der Waals surface area contributed by atoms with E-state index < -0.39 is 5.41 Å². The highest BCUT2D eigenvalue weighted by atomic mass is 14.8. The number of aromatic amines is 1. The predicted octanol–water partition coefficient (Wildman–Crippen LogP) is 7.18. The normalized spacial score (nSPS) is 21.8. The molecule has 3 aromatic rings. The number of para-hydroxylation sites is 1. The van der Waals surface area contributed by atoms with Crippen LogP contribution in [0.1, 0.15) is 38.3 Å². The number of allylic oxidation sites excluding steroid dienone is 9. The lowest BCUT2D eigenvalue weighted by atomic mass is 9.69. The van der Waals surface area contributed by atoms with Crippen LogP contribution in [0.5, 0.6) is 0 Å². The van der Waals surface area contributed by atoms with Gasteiger partial charge in [0.25, 0.3) is 0 Å². The van der Waals surface area contributed by atoms with E-state index in [-0.39, 0.29) is 0 Å². The zero-order chi connectivity index (χ0) is 20.9. The van der Waals surface area contributed by atoms with Crippen LogP contribution < -0.4 is 0 Å². The summed E-state index contributed by atoms with van der Waals surface area (Å²) in [6.07, 6.45) is 13.9. The van der Waals surface area contributed by atoms with Gasteiger partial charge in [0, 0.05) is 22.7 Å². The first-order valence-electron chi connectivity index (χ1n) is 10.6. The fourth-order valence-electron chi connectivity index (χ4n) is 5.23. The smallest absolute Gasteiger partial charge is 0.0916 e. The number of hydrogen-bond donors (Lipinski definition) is 1. The Labute approximate surface area is 178 Å². The number of rotatable bonds is 3. The van der Waals surface area contributed by atoms with Crippen molar-refractivity contribution in [3.05, 3.63) is 113 Å². The minimum atomic E-state index is -0.398. The zero-order valence-electron chi connectivity index (χ0n) is 17.8. The van der Waals surface area contributed by atoms with Crippen molar-refractivity contribution in [2.75, 3.05) is 0 Å². The summed E-state index contributed by atoms with van der Waals surface area (Å²) in [7, 11) is 0. The number of pyridine rings is 1. The Balaban J connectivity index is 2.00. The van der Waals surface area contributed by atoms with E-state index in [1.165, 1.54) is 33.2 Å². The van der Waals surface area contributed by atoms with E-state index in [9.17, 15) is 0 Å². The number of fused-ring (bicyclic) bond motifs is 7. The Hall–Kier alpha value is -3.39. The maximum atomic E-state index is 4.84. The van der Waals surface area contributed by atoms with E-state index in [1.807, 2.05) is 6.20 Å². The van der Waals surface area contributed by atoms with Gasteiger partial charge in [0.15, 0.2) is 0 Å². The highest BCUT2D eigenvalue weighted by Gasteiger charge is 2.54. The van der Waals surface area contributed by atoms with Gasteiger partial charge in [-0.25, -0.2) is 0 Å². The van der Waals surface area contributed by atoms with Gasteiger partial charge < -0.3 is 4.98 Å². The molecule has 2 aromatic heterocycles. The second-order valence-corrected chi connectivity index (χ2v) is 8.00. The van der Waals surface area contributed by atoms with Crippen molar-refractivity contribution in [2.45, 2.75) is 32.6 Å². The van der Waals surface area contributed by atoms with Crippen molar-refractivity contribution in [2.24, 2.45) is 0 Å². The molecule has 148 valence electrons. The minimum Gasteiger partial charge on any atom is -0.353 e. The molecule has 2 heteroatoms. The predicted molar refractivity (Wildman–Crippen MR) is 126 cm³/mol. The van der Waals surface area contributed by atoms with Gasteiger partial charge in [0.2, 0.25) is 0 Å². The van der Waals surface area contributed by atoms with Crippen LogP contribution in [0.25, 0.3) is 22.3 Å². The molecule has 5 rings (SSSR count). The molecule has 1 spiro atoms. The first-order chi connectivity index (χ1) is 14.7. The van der Waals surface area contributed by atoms with Crippen molar-refractivity contribution in [3.8, 4) is 11.4 Å². The van der Waals surface area contributed by atoms with Gasteiger partial charge in [0.05, 0.1) is 16.8 Å². The summed E-state index contributed by atoms with van der Waals surface area (Å²) < 4.78 is 0. The second kappa shape index (κ2) is 6.84. The Morgan fingerprint density at radius 3 is 2.80 bits per heavy atom. The van der Waals surface area contributed by atoms with Crippen molar-refractivity contribution >= 4 is 10.9 Å². The molecular formula is C28H26N2. The van der Waals surface area contributed by atoms with Crippen molar-refractivity contribution in [3.63, 3.8) is 0 Å². The van der Waals surface area contributed by atoms with Crippen LogP contribution in [0, 0.1) is 0 Å². The summed E-state index contributed by atoms with van der Waals surface area (Å²) in [4.78, 5) is 8.52. The first kappa shape index (κ1) is 18.6. The van der Waals surface area contributed by atoms with Crippen molar-refractivity contribution in [1.82, 2.24) is 9.97 Å². The van der Waals surface area contributed by atoms with Gasteiger partial charge >= 0.3 is 0 Å². The van der Waals surface area contributed by atoms with Crippen LogP contribution >= 0.6 is 0 Å². The molecule has 2 aliphatic carbocycles. The Bertz CT molecular complexity index is 1310. The lowest BCUT2D eigenvalue weighted by Gasteiger charge is -2.31. The van der Waals surface area contributed by atoms with Gasteiger partial charge in [-0.1, -0.05) is 68.1 Å². The van der Waals surface area contributed by atoms with Crippen LogP contribution in [-0.4, -0.2) is 9.97 Å². The van der Waals surface area contributed by atoms with Crippen molar-refractivity contribution < 1.29 is 0 Å². The molecule has 2 aliphatic rings. The summed E-state index contributed by atoms with van der Waals surface area (Å²) in [5, 5.41) is 1.25. The summed E-state index contributed by atoms with van der Waals surface area (Å²) in [6.45, 7) is 11.0. The van der Waals surface area contributed by atoms with Crippen molar-refractivity contribution in [1.29, 1.82) is 0 Å². The fraction of sp³-hybridized carbons (Fsp3) is 0.179. The van der Waals surface area contributed by atoms with E-state index in [4.69, 9.17) is 4.98 Å². The second-order valence-electron chi connectivity index (χ2n) is 8.00.